The van der Waals surface area contributed by atoms with E-state index in [1.165, 1.54) is 0 Å². The van der Waals surface area contributed by atoms with Crippen molar-refractivity contribution in [3.63, 3.8) is 0 Å². The van der Waals surface area contributed by atoms with E-state index in [-0.39, 0.29) is 19.0 Å². The standard InChI is InChI=1S/C12H15ClF2N2/c1-9(10-3-4-11(13)16-7-10)17-6-2-5-12(14,15)8-17/h3-4,7,9H,2,5-6,8H2,1H3. The molecule has 94 valence electrons. The maximum Gasteiger partial charge on any atom is 0.260 e. The Bertz CT molecular complexity index is 381. The Morgan fingerprint density at radius 2 is 2.24 bits per heavy atom. The minimum Gasteiger partial charge on any atom is -0.291 e. The van der Waals surface area contributed by atoms with Gasteiger partial charge in [0, 0.05) is 18.7 Å². The molecule has 0 aliphatic carbocycles. The van der Waals surface area contributed by atoms with Crippen molar-refractivity contribution >= 4 is 11.6 Å². The number of halogens is 3. The van der Waals surface area contributed by atoms with Crippen molar-refractivity contribution in [1.29, 1.82) is 0 Å². The molecular weight excluding hydrogens is 246 g/mol. The molecule has 0 N–H and O–H groups in total. The zero-order valence-electron chi connectivity index (χ0n) is 9.67. The molecule has 17 heavy (non-hydrogen) atoms. The van der Waals surface area contributed by atoms with Gasteiger partial charge in [-0.05, 0) is 31.5 Å². The molecule has 1 aliphatic heterocycles. The summed E-state index contributed by atoms with van der Waals surface area (Å²) in [5.41, 5.74) is 0.923. The molecule has 2 nitrogen and oxygen atoms in total. The third kappa shape index (κ3) is 3.13. The molecule has 0 radical (unpaired) electrons. The third-order valence-corrected chi connectivity index (χ3v) is 3.43. The van der Waals surface area contributed by atoms with Gasteiger partial charge in [0.05, 0.1) is 6.54 Å². The van der Waals surface area contributed by atoms with Gasteiger partial charge >= 0.3 is 0 Å². The number of piperidine rings is 1. The first kappa shape index (κ1) is 12.7. The summed E-state index contributed by atoms with van der Waals surface area (Å²) in [7, 11) is 0. The number of pyridine rings is 1. The summed E-state index contributed by atoms with van der Waals surface area (Å²) >= 11 is 5.70. The van der Waals surface area contributed by atoms with Crippen LogP contribution in [0.5, 0.6) is 0 Å². The van der Waals surface area contributed by atoms with E-state index in [0.29, 0.717) is 18.1 Å². The van der Waals surface area contributed by atoms with Gasteiger partial charge in [-0.15, -0.1) is 0 Å². The fourth-order valence-electron chi connectivity index (χ4n) is 2.17. The first-order valence-electron chi connectivity index (χ1n) is 5.71. The van der Waals surface area contributed by atoms with Gasteiger partial charge in [0.15, 0.2) is 0 Å². The zero-order chi connectivity index (χ0) is 12.5. The molecule has 2 rings (SSSR count). The first-order chi connectivity index (χ1) is 7.98. The number of alkyl halides is 2. The second-order valence-corrected chi connectivity index (χ2v) is 4.91. The van der Waals surface area contributed by atoms with E-state index >= 15 is 0 Å². The monoisotopic (exact) mass is 260 g/mol. The van der Waals surface area contributed by atoms with Crippen molar-refractivity contribution in [3.05, 3.63) is 29.0 Å². The first-order valence-corrected chi connectivity index (χ1v) is 6.09. The fraction of sp³-hybridized carbons (Fsp3) is 0.583. The van der Waals surface area contributed by atoms with Gasteiger partial charge in [0.2, 0.25) is 0 Å². The van der Waals surface area contributed by atoms with Gasteiger partial charge < -0.3 is 0 Å². The highest BCUT2D eigenvalue weighted by Gasteiger charge is 2.36. The predicted molar refractivity (Wildman–Crippen MR) is 63.4 cm³/mol. The fourth-order valence-corrected chi connectivity index (χ4v) is 2.28. The van der Waals surface area contributed by atoms with Crippen LogP contribution in [0.15, 0.2) is 18.3 Å². The van der Waals surface area contributed by atoms with E-state index in [9.17, 15) is 8.78 Å². The smallest absolute Gasteiger partial charge is 0.260 e. The molecule has 5 heteroatoms. The van der Waals surface area contributed by atoms with Gasteiger partial charge in [0.1, 0.15) is 5.15 Å². The molecule has 0 spiro atoms. The number of hydrogen-bond donors (Lipinski definition) is 0. The van der Waals surface area contributed by atoms with Crippen LogP contribution < -0.4 is 0 Å². The molecule has 0 aromatic carbocycles. The average molecular weight is 261 g/mol. The Hall–Kier alpha value is -0.740. The third-order valence-electron chi connectivity index (χ3n) is 3.20. The summed E-state index contributed by atoms with van der Waals surface area (Å²) in [6, 6.07) is 3.48. The summed E-state index contributed by atoms with van der Waals surface area (Å²) in [6.45, 7) is 2.46. The van der Waals surface area contributed by atoms with Gasteiger partial charge in [-0.2, -0.15) is 0 Å². The lowest BCUT2D eigenvalue weighted by molar-refractivity contribution is -0.0737. The maximum absolute atomic E-state index is 13.3. The number of likely N-dealkylation sites (tertiary alicyclic amines) is 1. The minimum atomic E-state index is -2.56. The maximum atomic E-state index is 13.3. The summed E-state index contributed by atoms with van der Waals surface area (Å²) in [5.74, 6) is -2.56. The summed E-state index contributed by atoms with van der Waals surface area (Å²) in [6.07, 6.45) is 2.19. The second kappa shape index (κ2) is 4.86. The lowest BCUT2D eigenvalue weighted by Gasteiger charge is -2.36. The molecule has 1 aromatic heterocycles. The Kier molecular flexibility index (Phi) is 3.64. The van der Waals surface area contributed by atoms with Crippen LogP contribution >= 0.6 is 11.6 Å². The van der Waals surface area contributed by atoms with Crippen LogP contribution in [0.2, 0.25) is 5.15 Å². The molecule has 1 saturated heterocycles. The lowest BCUT2D eigenvalue weighted by Crippen LogP contribution is -2.43. The predicted octanol–water partition coefficient (Wildman–Crippen LogP) is 3.53. The van der Waals surface area contributed by atoms with E-state index in [2.05, 4.69) is 4.98 Å². The van der Waals surface area contributed by atoms with E-state index in [1.54, 1.807) is 17.2 Å². The van der Waals surface area contributed by atoms with E-state index < -0.39 is 5.92 Å². The Morgan fingerprint density at radius 3 is 2.82 bits per heavy atom. The Morgan fingerprint density at radius 1 is 1.47 bits per heavy atom. The van der Waals surface area contributed by atoms with Crippen molar-refractivity contribution in [2.75, 3.05) is 13.1 Å². The highest BCUT2D eigenvalue weighted by atomic mass is 35.5. The minimum absolute atomic E-state index is 0.00487. The van der Waals surface area contributed by atoms with Gasteiger partial charge in [0.25, 0.3) is 5.92 Å². The quantitative estimate of drug-likeness (QED) is 0.757. The van der Waals surface area contributed by atoms with Crippen LogP contribution in [-0.4, -0.2) is 28.9 Å². The zero-order valence-corrected chi connectivity index (χ0v) is 10.4. The molecule has 2 heterocycles. The van der Waals surface area contributed by atoms with E-state index in [1.807, 2.05) is 13.0 Å². The van der Waals surface area contributed by atoms with Crippen LogP contribution in [0.3, 0.4) is 0 Å². The van der Waals surface area contributed by atoms with E-state index in [4.69, 9.17) is 11.6 Å². The molecule has 1 atom stereocenters. The van der Waals surface area contributed by atoms with Crippen molar-refractivity contribution in [2.24, 2.45) is 0 Å². The summed E-state index contributed by atoms with van der Waals surface area (Å²) in [4.78, 5) is 5.78. The molecule has 1 aliphatic rings. The molecular formula is C12H15ClF2N2. The van der Waals surface area contributed by atoms with Crippen molar-refractivity contribution in [1.82, 2.24) is 9.88 Å². The summed E-state index contributed by atoms with van der Waals surface area (Å²) < 4.78 is 26.6. The molecule has 0 amide bonds. The largest absolute Gasteiger partial charge is 0.291 e. The highest BCUT2D eigenvalue weighted by Crippen LogP contribution is 2.31. The second-order valence-electron chi connectivity index (χ2n) is 4.52. The molecule has 1 unspecified atom stereocenters. The normalized spacial score (nSPS) is 22.4. The lowest BCUT2D eigenvalue weighted by atomic mass is 10.0. The van der Waals surface area contributed by atoms with Gasteiger partial charge in [-0.3, -0.25) is 4.90 Å². The highest BCUT2D eigenvalue weighted by molar-refractivity contribution is 6.29. The van der Waals surface area contributed by atoms with Crippen LogP contribution in [0.25, 0.3) is 0 Å². The number of aromatic nitrogens is 1. The number of nitrogens with zero attached hydrogens (tertiary/aromatic N) is 2. The van der Waals surface area contributed by atoms with Crippen molar-refractivity contribution in [3.8, 4) is 0 Å². The van der Waals surface area contributed by atoms with Crippen LogP contribution in [0.4, 0.5) is 8.78 Å². The summed E-state index contributed by atoms with van der Waals surface area (Å²) in [5, 5.41) is 0.421. The van der Waals surface area contributed by atoms with Gasteiger partial charge in [-0.1, -0.05) is 17.7 Å². The molecule has 1 fully saturated rings. The van der Waals surface area contributed by atoms with Crippen molar-refractivity contribution in [2.45, 2.75) is 31.7 Å². The molecule has 0 bridgehead atoms. The SMILES string of the molecule is CC(c1ccc(Cl)nc1)N1CCCC(F)(F)C1. The van der Waals surface area contributed by atoms with Crippen LogP contribution in [-0.2, 0) is 0 Å². The van der Waals surface area contributed by atoms with Crippen LogP contribution in [0.1, 0.15) is 31.4 Å². The van der Waals surface area contributed by atoms with Gasteiger partial charge in [-0.25, -0.2) is 13.8 Å². The number of hydrogen-bond acceptors (Lipinski definition) is 2. The van der Waals surface area contributed by atoms with Crippen LogP contribution in [0, 0.1) is 0 Å². The average Bonchev–Trinajstić information content (AvgIpc) is 2.28. The number of rotatable bonds is 2. The molecule has 1 aromatic rings. The Labute approximate surface area is 105 Å². The Balaban J connectivity index is 2.09. The van der Waals surface area contributed by atoms with Crippen molar-refractivity contribution < 1.29 is 8.78 Å². The van der Waals surface area contributed by atoms with E-state index in [0.717, 1.165) is 5.56 Å². The topological polar surface area (TPSA) is 16.1 Å². The molecule has 0 saturated carbocycles.